The second-order valence-corrected chi connectivity index (χ2v) is 5.78. The molecule has 0 spiro atoms. The average Bonchev–Trinajstić information content (AvgIpc) is 2.60. The molecule has 0 saturated heterocycles. The molecule has 3 aromatic rings. The normalized spacial score (nSPS) is 11.7. The zero-order chi connectivity index (χ0) is 19.8. The first-order valence-corrected chi connectivity index (χ1v) is 7.88. The minimum Gasteiger partial charge on any atom is -0.236 e. The number of rotatable bonds is 3. The van der Waals surface area contributed by atoms with Gasteiger partial charge in [0.25, 0.3) is 0 Å². The monoisotopic (exact) mass is 382 g/mol. The Balaban J connectivity index is 2.04. The van der Waals surface area contributed by atoms with Crippen LogP contribution in [0.4, 0.5) is 26.3 Å². The minimum absolute atomic E-state index is 0.0591. The third-order valence-electron chi connectivity index (χ3n) is 3.98. The van der Waals surface area contributed by atoms with Gasteiger partial charge in [0, 0.05) is 18.0 Å². The second kappa shape index (κ2) is 7.02. The Morgan fingerprint density at radius 2 is 1.37 bits per heavy atom. The topological polar surface area (TPSA) is 25.8 Å². The van der Waals surface area contributed by atoms with Gasteiger partial charge in [-0.05, 0) is 41.8 Å². The summed E-state index contributed by atoms with van der Waals surface area (Å²) in [6.07, 6.45) is -1.15. The highest BCUT2D eigenvalue weighted by molar-refractivity contribution is 5.69. The summed E-state index contributed by atoms with van der Waals surface area (Å²) in [5, 5.41) is 0. The molecule has 0 fully saturated rings. The van der Waals surface area contributed by atoms with Gasteiger partial charge < -0.3 is 0 Å². The summed E-state index contributed by atoms with van der Waals surface area (Å²) in [5.74, 6) is -3.64. The first-order chi connectivity index (χ1) is 12.7. The molecule has 0 atom stereocenters. The fourth-order valence-corrected chi connectivity index (χ4v) is 2.56. The maximum absolute atomic E-state index is 14.5. The maximum Gasteiger partial charge on any atom is 0.419 e. The lowest BCUT2D eigenvalue weighted by atomic mass is 10.00. The van der Waals surface area contributed by atoms with Crippen molar-refractivity contribution < 1.29 is 26.3 Å². The van der Waals surface area contributed by atoms with Crippen molar-refractivity contribution in [3.63, 3.8) is 0 Å². The molecule has 0 aliphatic carbocycles. The number of hydrogen-bond donors (Lipinski definition) is 0. The third kappa shape index (κ3) is 3.79. The number of aromatic nitrogens is 2. The van der Waals surface area contributed by atoms with Gasteiger partial charge in [-0.1, -0.05) is 13.0 Å². The first-order valence-electron chi connectivity index (χ1n) is 7.88. The molecule has 8 heteroatoms. The highest BCUT2D eigenvalue weighted by Crippen LogP contribution is 2.35. The van der Waals surface area contributed by atoms with Crippen LogP contribution in [0.2, 0.25) is 0 Å². The zero-order valence-electron chi connectivity index (χ0n) is 13.9. The Morgan fingerprint density at radius 3 is 1.85 bits per heavy atom. The van der Waals surface area contributed by atoms with Gasteiger partial charge >= 0.3 is 6.18 Å². The fraction of sp³-hybridized carbons (Fsp3) is 0.158. The van der Waals surface area contributed by atoms with Gasteiger partial charge in [-0.15, -0.1) is 0 Å². The summed E-state index contributed by atoms with van der Waals surface area (Å²) in [6.45, 7) is 1.90. The van der Waals surface area contributed by atoms with Crippen LogP contribution in [0.15, 0.2) is 42.7 Å². The lowest BCUT2D eigenvalue weighted by molar-refractivity contribution is -0.139. The van der Waals surface area contributed by atoms with Crippen molar-refractivity contribution in [2.75, 3.05) is 0 Å². The minimum atomic E-state index is -4.90. The van der Waals surface area contributed by atoms with Gasteiger partial charge in [0.15, 0.2) is 5.82 Å². The summed E-state index contributed by atoms with van der Waals surface area (Å²) in [7, 11) is 0. The Kier molecular flexibility index (Phi) is 4.91. The predicted octanol–water partition coefficient (Wildman–Crippen LogP) is 5.81. The molecule has 0 aliphatic heterocycles. The quantitative estimate of drug-likeness (QED) is 0.535. The molecule has 27 heavy (non-hydrogen) atoms. The van der Waals surface area contributed by atoms with Crippen LogP contribution < -0.4 is 0 Å². The van der Waals surface area contributed by atoms with E-state index in [0.29, 0.717) is 18.6 Å². The van der Waals surface area contributed by atoms with Crippen LogP contribution >= 0.6 is 0 Å². The van der Waals surface area contributed by atoms with Crippen LogP contribution in [0.3, 0.4) is 0 Å². The molecule has 140 valence electrons. The Bertz CT molecular complexity index is 957. The lowest BCUT2D eigenvalue weighted by Gasteiger charge is -2.11. The molecule has 1 aromatic heterocycles. The van der Waals surface area contributed by atoms with Crippen molar-refractivity contribution in [1.29, 1.82) is 0 Å². The van der Waals surface area contributed by atoms with Gasteiger partial charge in [0.2, 0.25) is 0 Å². The van der Waals surface area contributed by atoms with Crippen molar-refractivity contribution in [3.05, 3.63) is 71.3 Å². The summed E-state index contributed by atoms with van der Waals surface area (Å²) in [4.78, 5) is 8.06. The van der Waals surface area contributed by atoms with Crippen LogP contribution in [-0.2, 0) is 12.6 Å². The molecular weight excluding hydrogens is 370 g/mol. The third-order valence-corrected chi connectivity index (χ3v) is 3.98. The SMILES string of the molecule is CCc1cnc(-c2cc(F)c(-c3ccc(C(F)(F)F)c(F)c3)c(F)c2)nc1. The van der Waals surface area contributed by atoms with Gasteiger partial charge in [-0.25, -0.2) is 23.1 Å². The molecule has 0 unspecified atom stereocenters. The highest BCUT2D eigenvalue weighted by atomic mass is 19.4. The van der Waals surface area contributed by atoms with E-state index in [1.165, 1.54) is 12.4 Å². The molecule has 2 aromatic carbocycles. The summed E-state index contributed by atoms with van der Waals surface area (Å²) >= 11 is 0. The van der Waals surface area contributed by atoms with E-state index in [1.807, 2.05) is 6.92 Å². The number of aryl methyl sites for hydroxylation is 1. The van der Waals surface area contributed by atoms with E-state index < -0.39 is 34.8 Å². The van der Waals surface area contributed by atoms with Crippen molar-refractivity contribution >= 4 is 0 Å². The Hall–Kier alpha value is -2.90. The van der Waals surface area contributed by atoms with E-state index in [2.05, 4.69) is 9.97 Å². The summed E-state index contributed by atoms with van der Waals surface area (Å²) in [5.41, 5.74) is -1.57. The van der Waals surface area contributed by atoms with Gasteiger partial charge in [0.1, 0.15) is 17.5 Å². The van der Waals surface area contributed by atoms with Crippen LogP contribution in [0, 0.1) is 17.5 Å². The van der Waals surface area contributed by atoms with E-state index in [4.69, 9.17) is 0 Å². The summed E-state index contributed by atoms with van der Waals surface area (Å²) in [6, 6.07) is 3.63. The number of alkyl halides is 3. The fourth-order valence-electron chi connectivity index (χ4n) is 2.56. The molecule has 0 amide bonds. The standard InChI is InChI=1S/C19H12F6N2/c1-2-10-8-26-18(27-9-10)12-6-15(21)17(16(22)7-12)11-3-4-13(14(20)5-11)19(23,24)25/h3-9H,2H2,1H3. The van der Waals surface area contributed by atoms with Gasteiger partial charge in [-0.3, -0.25) is 0 Å². The van der Waals surface area contributed by atoms with E-state index in [9.17, 15) is 26.3 Å². The number of nitrogens with zero attached hydrogens (tertiary/aromatic N) is 2. The van der Waals surface area contributed by atoms with Gasteiger partial charge in [0.05, 0.1) is 11.1 Å². The number of hydrogen-bond acceptors (Lipinski definition) is 2. The largest absolute Gasteiger partial charge is 0.419 e. The van der Waals surface area contributed by atoms with Crippen molar-refractivity contribution in [1.82, 2.24) is 9.97 Å². The maximum atomic E-state index is 14.5. The van der Waals surface area contributed by atoms with E-state index in [1.54, 1.807) is 0 Å². The smallest absolute Gasteiger partial charge is 0.236 e. The molecule has 3 rings (SSSR count). The molecule has 0 radical (unpaired) electrons. The molecule has 2 nitrogen and oxygen atoms in total. The van der Waals surface area contributed by atoms with Crippen molar-refractivity contribution in [2.24, 2.45) is 0 Å². The molecule has 1 heterocycles. The van der Waals surface area contributed by atoms with Crippen LogP contribution in [0.25, 0.3) is 22.5 Å². The number of halogens is 6. The van der Waals surface area contributed by atoms with E-state index in [0.717, 1.165) is 23.8 Å². The van der Waals surface area contributed by atoms with Crippen LogP contribution in [-0.4, -0.2) is 9.97 Å². The zero-order valence-corrected chi connectivity index (χ0v) is 13.9. The Morgan fingerprint density at radius 1 is 0.815 bits per heavy atom. The van der Waals surface area contributed by atoms with Crippen LogP contribution in [0.1, 0.15) is 18.1 Å². The molecule has 0 N–H and O–H groups in total. The van der Waals surface area contributed by atoms with Crippen molar-refractivity contribution in [2.45, 2.75) is 19.5 Å². The number of benzene rings is 2. The molecular formula is C19H12F6N2. The lowest BCUT2D eigenvalue weighted by Crippen LogP contribution is -2.08. The first kappa shape index (κ1) is 18.9. The predicted molar refractivity (Wildman–Crippen MR) is 87.2 cm³/mol. The summed E-state index contributed by atoms with van der Waals surface area (Å²) < 4.78 is 80.5. The Labute approximate surface area is 150 Å². The molecule has 0 bridgehead atoms. The van der Waals surface area contributed by atoms with Crippen molar-refractivity contribution in [3.8, 4) is 22.5 Å². The van der Waals surface area contributed by atoms with Crippen LogP contribution in [0.5, 0.6) is 0 Å². The molecule has 0 aliphatic rings. The highest BCUT2D eigenvalue weighted by Gasteiger charge is 2.34. The molecule has 0 saturated carbocycles. The second-order valence-electron chi connectivity index (χ2n) is 5.78. The van der Waals surface area contributed by atoms with E-state index in [-0.39, 0.29) is 17.0 Å². The average molecular weight is 382 g/mol. The van der Waals surface area contributed by atoms with Gasteiger partial charge in [-0.2, -0.15) is 13.2 Å². The van der Waals surface area contributed by atoms with E-state index >= 15 is 0 Å².